The molecular weight excluding hydrogens is 330 g/mol. The minimum Gasteiger partial charge on any atom is -0.497 e. The highest BCUT2D eigenvalue weighted by molar-refractivity contribution is 7.89. The van der Waals surface area contributed by atoms with Crippen molar-refractivity contribution in [2.45, 2.75) is 24.3 Å². The molecule has 0 saturated carbocycles. The van der Waals surface area contributed by atoms with Crippen LogP contribution in [-0.2, 0) is 10.0 Å². The summed E-state index contributed by atoms with van der Waals surface area (Å²) in [7, 11) is -2.05. The van der Waals surface area contributed by atoms with Crippen molar-refractivity contribution in [1.82, 2.24) is 14.3 Å². The second-order valence-electron chi connectivity index (χ2n) is 5.51. The predicted octanol–water partition coefficient (Wildman–Crippen LogP) is 1.64. The molecule has 0 spiro atoms. The SMILES string of the molecule is COc1cccc(S(=O)(=O)N2CC[C@H](Oc3ccnc(C)n3)C2)c1. The molecule has 0 radical (unpaired) electrons. The maximum absolute atomic E-state index is 12.7. The second-order valence-corrected chi connectivity index (χ2v) is 7.45. The first-order valence-corrected chi connectivity index (χ1v) is 9.03. The highest BCUT2D eigenvalue weighted by Crippen LogP contribution is 2.25. The molecule has 1 saturated heterocycles. The number of methoxy groups -OCH3 is 1. The van der Waals surface area contributed by atoms with Crippen molar-refractivity contribution in [3.8, 4) is 11.6 Å². The van der Waals surface area contributed by atoms with Gasteiger partial charge in [0.2, 0.25) is 15.9 Å². The smallest absolute Gasteiger partial charge is 0.243 e. The number of benzene rings is 1. The molecule has 2 aromatic rings. The van der Waals surface area contributed by atoms with Crippen LogP contribution in [0.5, 0.6) is 11.6 Å². The van der Waals surface area contributed by atoms with E-state index in [-0.39, 0.29) is 11.0 Å². The summed E-state index contributed by atoms with van der Waals surface area (Å²) in [6.07, 6.45) is 2.02. The molecule has 1 aliphatic rings. The molecule has 3 rings (SSSR count). The third-order valence-corrected chi connectivity index (χ3v) is 5.69. The fourth-order valence-electron chi connectivity index (χ4n) is 2.59. The molecule has 128 valence electrons. The summed E-state index contributed by atoms with van der Waals surface area (Å²) >= 11 is 0. The van der Waals surface area contributed by atoms with Crippen LogP contribution in [0.3, 0.4) is 0 Å². The third-order valence-electron chi connectivity index (χ3n) is 3.82. The summed E-state index contributed by atoms with van der Waals surface area (Å²) < 4.78 is 37.8. The van der Waals surface area contributed by atoms with Gasteiger partial charge in [-0.3, -0.25) is 0 Å². The van der Waals surface area contributed by atoms with E-state index in [1.165, 1.54) is 17.5 Å². The summed E-state index contributed by atoms with van der Waals surface area (Å²) in [5.41, 5.74) is 0. The van der Waals surface area contributed by atoms with E-state index in [0.717, 1.165) is 0 Å². The monoisotopic (exact) mass is 349 g/mol. The number of aromatic nitrogens is 2. The van der Waals surface area contributed by atoms with Crippen LogP contribution < -0.4 is 9.47 Å². The first kappa shape index (κ1) is 16.7. The number of ether oxygens (including phenoxy) is 2. The van der Waals surface area contributed by atoms with Gasteiger partial charge in [0.15, 0.2) is 0 Å². The number of rotatable bonds is 5. The Balaban J connectivity index is 1.72. The minimum absolute atomic E-state index is 0.223. The van der Waals surface area contributed by atoms with Crippen molar-refractivity contribution in [2.75, 3.05) is 20.2 Å². The predicted molar refractivity (Wildman–Crippen MR) is 87.6 cm³/mol. The summed E-state index contributed by atoms with van der Waals surface area (Å²) in [6.45, 7) is 2.48. The van der Waals surface area contributed by atoms with Crippen molar-refractivity contribution >= 4 is 10.0 Å². The topological polar surface area (TPSA) is 81.6 Å². The number of hydrogen-bond donors (Lipinski definition) is 0. The molecule has 1 aromatic carbocycles. The van der Waals surface area contributed by atoms with Gasteiger partial charge < -0.3 is 9.47 Å². The van der Waals surface area contributed by atoms with Crippen LogP contribution in [0.4, 0.5) is 0 Å². The van der Waals surface area contributed by atoms with Crippen LogP contribution in [0.1, 0.15) is 12.2 Å². The maximum Gasteiger partial charge on any atom is 0.243 e. The average molecular weight is 349 g/mol. The molecule has 0 amide bonds. The molecule has 0 aliphatic carbocycles. The van der Waals surface area contributed by atoms with Gasteiger partial charge in [0.1, 0.15) is 17.7 Å². The lowest BCUT2D eigenvalue weighted by Gasteiger charge is -2.17. The summed E-state index contributed by atoms with van der Waals surface area (Å²) in [5.74, 6) is 1.60. The van der Waals surface area contributed by atoms with E-state index < -0.39 is 10.0 Å². The number of sulfonamides is 1. The molecule has 0 unspecified atom stereocenters. The van der Waals surface area contributed by atoms with Gasteiger partial charge in [0, 0.05) is 24.9 Å². The molecule has 2 heterocycles. The van der Waals surface area contributed by atoms with E-state index >= 15 is 0 Å². The standard InChI is InChI=1S/C16H19N3O4S/c1-12-17-8-6-16(18-12)23-14-7-9-19(11-14)24(20,21)15-5-3-4-13(10-15)22-2/h3-6,8,10,14H,7,9,11H2,1-2H3/t14-/m0/s1. The molecule has 8 heteroatoms. The molecular formula is C16H19N3O4S. The normalized spacial score (nSPS) is 18.5. The van der Waals surface area contributed by atoms with E-state index in [2.05, 4.69) is 9.97 Å². The molecule has 1 aromatic heterocycles. The lowest BCUT2D eigenvalue weighted by atomic mass is 10.3. The Hall–Kier alpha value is -2.19. The van der Waals surface area contributed by atoms with Crippen LogP contribution in [0.2, 0.25) is 0 Å². The maximum atomic E-state index is 12.7. The Morgan fingerprint density at radius 3 is 2.88 bits per heavy atom. The van der Waals surface area contributed by atoms with Crippen LogP contribution >= 0.6 is 0 Å². The first-order valence-electron chi connectivity index (χ1n) is 7.59. The molecule has 1 aliphatic heterocycles. The van der Waals surface area contributed by atoms with E-state index in [0.29, 0.717) is 37.0 Å². The van der Waals surface area contributed by atoms with Gasteiger partial charge in [-0.2, -0.15) is 9.29 Å². The fourth-order valence-corrected chi connectivity index (χ4v) is 4.12. The van der Waals surface area contributed by atoms with Crippen molar-refractivity contribution < 1.29 is 17.9 Å². The molecule has 7 nitrogen and oxygen atoms in total. The number of nitrogens with zero attached hydrogens (tertiary/aromatic N) is 3. The third kappa shape index (κ3) is 3.49. The zero-order valence-electron chi connectivity index (χ0n) is 13.5. The molecule has 1 atom stereocenters. The van der Waals surface area contributed by atoms with Crippen molar-refractivity contribution in [1.29, 1.82) is 0 Å². The Morgan fingerprint density at radius 1 is 1.29 bits per heavy atom. The Labute approximate surface area is 141 Å². The zero-order chi connectivity index (χ0) is 17.2. The van der Waals surface area contributed by atoms with Crippen molar-refractivity contribution in [3.05, 3.63) is 42.4 Å². The van der Waals surface area contributed by atoms with Gasteiger partial charge >= 0.3 is 0 Å². The van der Waals surface area contributed by atoms with Gasteiger partial charge in [-0.1, -0.05) is 6.07 Å². The highest BCUT2D eigenvalue weighted by atomic mass is 32.2. The lowest BCUT2D eigenvalue weighted by molar-refractivity contribution is 0.206. The van der Waals surface area contributed by atoms with Crippen molar-refractivity contribution in [3.63, 3.8) is 0 Å². The molecule has 1 fully saturated rings. The van der Waals surface area contributed by atoms with E-state index in [9.17, 15) is 8.42 Å². The van der Waals surface area contributed by atoms with Crippen LogP contribution in [-0.4, -0.2) is 49.0 Å². The lowest BCUT2D eigenvalue weighted by Crippen LogP contribution is -2.31. The van der Waals surface area contributed by atoms with Gasteiger partial charge in [-0.15, -0.1) is 0 Å². The number of hydrogen-bond acceptors (Lipinski definition) is 6. The zero-order valence-corrected chi connectivity index (χ0v) is 14.4. The van der Waals surface area contributed by atoms with Gasteiger partial charge in [-0.25, -0.2) is 13.4 Å². The first-order chi connectivity index (χ1) is 11.5. The van der Waals surface area contributed by atoms with E-state index in [1.54, 1.807) is 37.4 Å². The molecule has 24 heavy (non-hydrogen) atoms. The van der Waals surface area contributed by atoms with E-state index in [1.807, 2.05) is 0 Å². The summed E-state index contributed by atoms with van der Waals surface area (Å²) in [4.78, 5) is 8.42. The highest BCUT2D eigenvalue weighted by Gasteiger charge is 2.34. The van der Waals surface area contributed by atoms with Crippen molar-refractivity contribution in [2.24, 2.45) is 0 Å². The van der Waals surface area contributed by atoms with Crippen LogP contribution in [0.25, 0.3) is 0 Å². The van der Waals surface area contributed by atoms with Gasteiger partial charge in [0.05, 0.1) is 18.6 Å². The Morgan fingerprint density at radius 2 is 2.12 bits per heavy atom. The summed E-state index contributed by atoms with van der Waals surface area (Å²) in [6, 6.07) is 8.15. The average Bonchev–Trinajstić information content (AvgIpc) is 3.04. The minimum atomic E-state index is -3.56. The molecule has 0 bridgehead atoms. The second kappa shape index (κ2) is 6.74. The van der Waals surface area contributed by atoms with Crippen LogP contribution in [0.15, 0.2) is 41.4 Å². The largest absolute Gasteiger partial charge is 0.497 e. The van der Waals surface area contributed by atoms with Crippen LogP contribution in [0, 0.1) is 6.92 Å². The summed E-state index contributed by atoms with van der Waals surface area (Å²) in [5, 5.41) is 0. The Kier molecular flexibility index (Phi) is 4.68. The Bertz CT molecular complexity index is 826. The van der Waals surface area contributed by atoms with Gasteiger partial charge in [0.25, 0.3) is 0 Å². The van der Waals surface area contributed by atoms with Gasteiger partial charge in [-0.05, 0) is 25.5 Å². The number of aryl methyl sites for hydroxylation is 1. The van der Waals surface area contributed by atoms with E-state index in [4.69, 9.17) is 9.47 Å². The molecule has 0 N–H and O–H groups in total. The quantitative estimate of drug-likeness (QED) is 0.816. The fraction of sp³-hybridized carbons (Fsp3) is 0.375.